The predicted molar refractivity (Wildman–Crippen MR) is 85.6 cm³/mol. The van der Waals surface area contributed by atoms with Crippen LogP contribution in [0, 0.1) is 0 Å². The minimum Gasteiger partial charge on any atom is -0.168 e. The molecule has 0 aliphatic rings. The van der Waals surface area contributed by atoms with Gasteiger partial charge < -0.3 is 0 Å². The van der Waals surface area contributed by atoms with E-state index in [0.29, 0.717) is 0 Å². The van der Waals surface area contributed by atoms with Gasteiger partial charge in [0.25, 0.3) is 0 Å². The van der Waals surface area contributed by atoms with Crippen LogP contribution in [0.4, 0.5) is 0 Å². The second kappa shape index (κ2) is 8.42. The van der Waals surface area contributed by atoms with Gasteiger partial charge in [0.2, 0.25) is 0 Å². The molecular weight excluding hydrogens is 301 g/mol. The molecule has 0 aliphatic heterocycles. The van der Waals surface area contributed by atoms with Crippen LogP contribution >= 0.6 is 73.2 Å². The predicted octanol–water partition coefficient (Wildman–Crippen LogP) is 4.62. The molecule has 0 saturated carbocycles. The summed E-state index contributed by atoms with van der Waals surface area (Å²) in [5.41, 5.74) is 0. The summed E-state index contributed by atoms with van der Waals surface area (Å²) in [6, 6.07) is 6.49. The maximum Gasteiger partial charge on any atom is 0.0409 e. The molecule has 6 heteroatoms. The van der Waals surface area contributed by atoms with Gasteiger partial charge in [-0.25, -0.2) is 0 Å². The highest BCUT2D eigenvalue weighted by Crippen LogP contribution is 2.35. The smallest absolute Gasteiger partial charge is 0.0409 e. The molecule has 0 amide bonds. The maximum absolute atomic E-state index is 4.25. The number of benzene rings is 1. The summed E-state index contributed by atoms with van der Waals surface area (Å²) in [5.74, 6) is 0. The van der Waals surface area contributed by atoms with E-state index in [1.54, 1.807) is 35.3 Å². The normalized spacial score (nSPS) is 10.6. The van der Waals surface area contributed by atoms with E-state index < -0.39 is 0 Å². The van der Waals surface area contributed by atoms with Gasteiger partial charge in [0.1, 0.15) is 0 Å². The minimum absolute atomic E-state index is 0.801. The summed E-state index contributed by atoms with van der Waals surface area (Å²) >= 11 is 17.9. The third-order valence-electron chi connectivity index (χ3n) is 1.59. The fraction of sp³-hybridized carbons (Fsp3) is 0.333. The summed E-state index contributed by atoms with van der Waals surface area (Å²) in [5, 5.41) is 2.42. The zero-order chi connectivity index (χ0) is 11.1. The lowest BCUT2D eigenvalue weighted by atomic mass is 10.4. The van der Waals surface area contributed by atoms with Gasteiger partial charge >= 0.3 is 0 Å². The third kappa shape index (κ3) is 5.00. The van der Waals surface area contributed by atoms with Crippen molar-refractivity contribution in [1.82, 2.24) is 0 Å². The van der Waals surface area contributed by atoms with Gasteiger partial charge in [-0.2, -0.15) is 37.9 Å². The fourth-order valence-electron chi connectivity index (χ4n) is 1.02. The minimum atomic E-state index is 0.801. The lowest BCUT2D eigenvalue weighted by Crippen LogP contribution is -1.81. The van der Waals surface area contributed by atoms with Crippen molar-refractivity contribution in [2.75, 3.05) is 15.3 Å². The molecule has 1 rings (SSSR count). The molecule has 0 nitrogen and oxygen atoms in total. The van der Waals surface area contributed by atoms with Crippen LogP contribution < -0.4 is 0 Å². The van der Waals surface area contributed by atoms with E-state index >= 15 is 0 Å². The van der Waals surface area contributed by atoms with Gasteiger partial charge in [-0.15, -0.1) is 35.3 Å². The first-order valence-corrected chi connectivity index (χ1v) is 9.02. The Kier molecular flexibility index (Phi) is 8.07. The summed E-state index contributed by atoms with van der Waals surface area (Å²) in [6.07, 6.45) is 0. The molecule has 1 aromatic carbocycles. The van der Waals surface area contributed by atoms with Gasteiger partial charge in [-0.1, -0.05) is 0 Å². The van der Waals surface area contributed by atoms with Crippen LogP contribution in [0.2, 0.25) is 0 Å². The molecule has 0 fully saturated rings. The number of thioether (sulfide) groups is 3. The molecule has 0 aromatic heterocycles. The van der Waals surface area contributed by atoms with Crippen molar-refractivity contribution in [3.05, 3.63) is 18.2 Å². The molecule has 0 spiro atoms. The van der Waals surface area contributed by atoms with E-state index in [0.717, 1.165) is 15.3 Å². The second-order valence-corrected chi connectivity index (χ2v) is 7.74. The monoisotopic (exact) mass is 312 g/mol. The van der Waals surface area contributed by atoms with E-state index in [-0.39, 0.29) is 0 Å². The topological polar surface area (TPSA) is 0 Å². The highest BCUT2D eigenvalue weighted by Gasteiger charge is 2.04. The molecular formula is C9H12S6. The van der Waals surface area contributed by atoms with Crippen molar-refractivity contribution >= 4 is 73.2 Å². The average Bonchev–Trinajstić information content (AvgIpc) is 2.23. The highest BCUT2D eigenvalue weighted by atomic mass is 32.2. The van der Waals surface area contributed by atoms with Crippen LogP contribution in [0.5, 0.6) is 0 Å². The Morgan fingerprint density at radius 1 is 0.800 bits per heavy atom. The standard InChI is InChI=1S/C9H12S6/c10-4-13-7-1-2-8(14-5-11)9(3-7)15-6-12/h1-3,10-12H,4-6H2. The first kappa shape index (κ1) is 14.4. The summed E-state index contributed by atoms with van der Waals surface area (Å²) < 4.78 is 0. The molecule has 0 heterocycles. The van der Waals surface area contributed by atoms with Crippen molar-refractivity contribution in [2.45, 2.75) is 14.7 Å². The largest absolute Gasteiger partial charge is 0.168 e. The average molecular weight is 313 g/mol. The molecule has 0 bridgehead atoms. The molecule has 15 heavy (non-hydrogen) atoms. The highest BCUT2D eigenvalue weighted by molar-refractivity contribution is 8.11. The van der Waals surface area contributed by atoms with E-state index in [9.17, 15) is 0 Å². The number of rotatable bonds is 6. The molecule has 0 radical (unpaired) electrons. The molecule has 0 saturated heterocycles. The van der Waals surface area contributed by atoms with Crippen LogP contribution in [-0.2, 0) is 0 Å². The van der Waals surface area contributed by atoms with Crippen LogP contribution in [0.1, 0.15) is 0 Å². The first-order valence-electron chi connectivity index (χ1n) is 4.17. The van der Waals surface area contributed by atoms with Crippen LogP contribution in [0.3, 0.4) is 0 Å². The Bertz CT molecular complexity index is 301. The van der Waals surface area contributed by atoms with Crippen molar-refractivity contribution in [3.8, 4) is 0 Å². The summed E-state index contributed by atoms with van der Waals surface area (Å²) in [7, 11) is 0. The van der Waals surface area contributed by atoms with Gasteiger partial charge in [0.05, 0.1) is 0 Å². The van der Waals surface area contributed by atoms with Gasteiger partial charge in [0.15, 0.2) is 0 Å². The molecule has 84 valence electrons. The molecule has 0 N–H and O–H groups in total. The third-order valence-corrected chi connectivity index (χ3v) is 5.17. The van der Waals surface area contributed by atoms with Gasteiger partial charge in [0, 0.05) is 29.9 Å². The van der Waals surface area contributed by atoms with E-state index in [1.165, 1.54) is 14.7 Å². The van der Waals surface area contributed by atoms with Crippen LogP contribution in [0.15, 0.2) is 32.9 Å². The molecule has 0 atom stereocenters. The van der Waals surface area contributed by atoms with Gasteiger partial charge in [-0.3, -0.25) is 0 Å². The zero-order valence-corrected chi connectivity index (χ0v) is 13.1. The van der Waals surface area contributed by atoms with E-state index in [4.69, 9.17) is 0 Å². The lowest BCUT2D eigenvalue weighted by Gasteiger charge is -2.08. The van der Waals surface area contributed by atoms with E-state index in [2.05, 4.69) is 56.1 Å². The molecule has 0 unspecified atom stereocenters. The molecule has 1 aromatic rings. The van der Waals surface area contributed by atoms with Crippen molar-refractivity contribution < 1.29 is 0 Å². The number of thiol groups is 3. The summed E-state index contributed by atoms with van der Waals surface area (Å²) in [6.45, 7) is 0. The maximum atomic E-state index is 4.25. The van der Waals surface area contributed by atoms with Crippen molar-refractivity contribution in [3.63, 3.8) is 0 Å². The first-order chi connectivity index (χ1) is 7.31. The number of hydrogen-bond acceptors (Lipinski definition) is 6. The Hall–Kier alpha value is 1.32. The van der Waals surface area contributed by atoms with Crippen molar-refractivity contribution in [1.29, 1.82) is 0 Å². The fourth-order valence-corrected chi connectivity index (χ4v) is 4.31. The van der Waals surface area contributed by atoms with Gasteiger partial charge in [-0.05, 0) is 18.2 Å². The second-order valence-electron chi connectivity index (χ2n) is 2.43. The Labute approximate surface area is 120 Å². The van der Waals surface area contributed by atoms with Crippen molar-refractivity contribution in [2.24, 2.45) is 0 Å². The Morgan fingerprint density at radius 2 is 1.40 bits per heavy atom. The quantitative estimate of drug-likeness (QED) is 0.398. The van der Waals surface area contributed by atoms with Crippen LogP contribution in [-0.4, -0.2) is 15.3 Å². The SMILES string of the molecule is SCSc1ccc(SCS)c(SCS)c1. The number of hydrogen-bond donors (Lipinski definition) is 3. The molecule has 0 aliphatic carbocycles. The lowest BCUT2D eigenvalue weighted by molar-refractivity contribution is 1.19. The Balaban J connectivity index is 2.87. The summed E-state index contributed by atoms with van der Waals surface area (Å²) in [4.78, 5) is 3.83. The van der Waals surface area contributed by atoms with Crippen LogP contribution in [0.25, 0.3) is 0 Å². The Morgan fingerprint density at radius 3 is 2.00 bits per heavy atom. The zero-order valence-electron chi connectivity index (χ0n) is 7.92. The van der Waals surface area contributed by atoms with E-state index in [1.807, 2.05) is 0 Å².